The molecule has 8 heteroatoms. The third-order valence-electron chi connectivity index (χ3n) is 3.37. The molecule has 0 saturated carbocycles. The van der Waals surface area contributed by atoms with E-state index in [0.717, 1.165) is 6.07 Å². The number of carbonyl (C=O) groups is 2. The summed E-state index contributed by atoms with van der Waals surface area (Å²) in [6, 6.07) is 6.59. The van der Waals surface area contributed by atoms with Crippen molar-refractivity contribution < 1.29 is 28.2 Å². The van der Waals surface area contributed by atoms with Crippen LogP contribution < -0.4 is 14.8 Å². The monoisotopic (exact) mass is 367 g/mol. The third-order valence-corrected chi connectivity index (χ3v) is 3.68. The number of anilines is 1. The molecule has 2 aromatic rings. The average molecular weight is 368 g/mol. The van der Waals surface area contributed by atoms with Gasteiger partial charge in [0.1, 0.15) is 5.82 Å². The van der Waals surface area contributed by atoms with Gasteiger partial charge in [0.05, 0.1) is 43.2 Å². The van der Waals surface area contributed by atoms with E-state index in [4.69, 9.17) is 25.8 Å². The molecule has 1 N–H and O–H groups in total. The molecule has 0 radical (unpaired) electrons. The molecule has 0 bridgehead atoms. The highest BCUT2D eigenvalue weighted by Gasteiger charge is 2.22. The largest absolute Gasteiger partial charge is 0.493 e. The third kappa shape index (κ3) is 3.83. The standard InChI is InChI=1S/C17H15ClFNO5/c1-23-13-7-9(17(22)25-3)12(8-14(13)24-2)20-16(21)15-10(18)5-4-6-11(15)19/h4-8H,1-3H3,(H,20,21). The fraction of sp³-hybridized carbons (Fsp3) is 0.176. The van der Waals surface area contributed by atoms with Crippen molar-refractivity contribution in [2.75, 3.05) is 26.6 Å². The SMILES string of the molecule is COC(=O)c1cc(OC)c(OC)cc1NC(=O)c1c(F)cccc1Cl. The number of amides is 1. The highest BCUT2D eigenvalue weighted by atomic mass is 35.5. The predicted octanol–water partition coefficient (Wildman–Crippen LogP) is 3.54. The van der Waals surface area contributed by atoms with Crippen molar-refractivity contribution in [3.05, 3.63) is 52.3 Å². The zero-order valence-corrected chi connectivity index (χ0v) is 14.4. The molecule has 1 amide bonds. The maximum Gasteiger partial charge on any atom is 0.340 e. The second kappa shape index (κ2) is 7.85. The summed E-state index contributed by atoms with van der Waals surface area (Å²) < 4.78 is 28.9. The maximum absolute atomic E-state index is 13.9. The van der Waals surface area contributed by atoms with Gasteiger partial charge in [-0.2, -0.15) is 0 Å². The Hall–Kier alpha value is -2.80. The van der Waals surface area contributed by atoms with E-state index in [1.165, 1.54) is 45.6 Å². The first-order valence-electron chi connectivity index (χ1n) is 7.02. The van der Waals surface area contributed by atoms with Crippen LogP contribution in [0.15, 0.2) is 30.3 Å². The minimum absolute atomic E-state index is 0.0148. The van der Waals surface area contributed by atoms with E-state index in [1.807, 2.05) is 0 Å². The van der Waals surface area contributed by atoms with Crippen molar-refractivity contribution in [3.63, 3.8) is 0 Å². The Bertz CT molecular complexity index is 805. The van der Waals surface area contributed by atoms with Gasteiger partial charge in [-0.3, -0.25) is 4.79 Å². The predicted molar refractivity (Wildman–Crippen MR) is 90.2 cm³/mol. The summed E-state index contributed by atoms with van der Waals surface area (Å²) in [4.78, 5) is 24.4. The lowest BCUT2D eigenvalue weighted by Gasteiger charge is -2.15. The summed E-state index contributed by atoms with van der Waals surface area (Å²) in [6.07, 6.45) is 0. The van der Waals surface area contributed by atoms with E-state index < -0.39 is 17.7 Å². The number of carbonyl (C=O) groups excluding carboxylic acids is 2. The maximum atomic E-state index is 13.9. The van der Waals surface area contributed by atoms with E-state index in [-0.39, 0.29) is 33.3 Å². The van der Waals surface area contributed by atoms with Crippen molar-refractivity contribution >= 4 is 29.2 Å². The summed E-state index contributed by atoms with van der Waals surface area (Å²) in [5, 5.41) is 2.39. The smallest absolute Gasteiger partial charge is 0.340 e. The van der Waals surface area contributed by atoms with Crippen LogP contribution in [0.3, 0.4) is 0 Å². The lowest BCUT2D eigenvalue weighted by Crippen LogP contribution is -2.17. The van der Waals surface area contributed by atoms with E-state index in [2.05, 4.69) is 5.32 Å². The molecule has 2 rings (SSSR count). The second-order valence-corrected chi connectivity index (χ2v) is 5.20. The Labute approximate surface area is 148 Å². The van der Waals surface area contributed by atoms with Gasteiger partial charge in [-0.15, -0.1) is 0 Å². The zero-order valence-electron chi connectivity index (χ0n) is 13.7. The molecule has 6 nitrogen and oxygen atoms in total. The molecule has 0 heterocycles. The molecule has 0 spiro atoms. The van der Waals surface area contributed by atoms with Crippen LogP contribution in [0.4, 0.5) is 10.1 Å². The van der Waals surface area contributed by atoms with Gasteiger partial charge in [-0.25, -0.2) is 9.18 Å². The van der Waals surface area contributed by atoms with Crippen molar-refractivity contribution in [3.8, 4) is 11.5 Å². The van der Waals surface area contributed by atoms with Crippen molar-refractivity contribution in [1.82, 2.24) is 0 Å². The van der Waals surface area contributed by atoms with Gasteiger partial charge in [-0.05, 0) is 12.1 Å². The van der Waals surface area contributed by atoms with Crippen LogP contribution in [0.2, 0.25) is 5.02 Å². The van der Waals surface area contributed by atoms with E-state index >= 15 is 0 Å². The number of hydrogen-bond acceptors (Lipinski definition) is 5. The second-order valence-electron chi connectivity index (χ2n) is 4.80. The average Bonchev–Trinajstić information content (AvgIpc) is 2.60. The highest BCUT2D eigenvalue weighted by molar-refractivity contribution is 6.34. The van der Waals surface area contributed by atoms with Crippen LogP contribution in [-0.2, 0) is 4.74 Å². The van der Waals surface area contributed by atoms with Gasteiger partial charge in [-0.1, -0.05) is 17.7 Å². The van der Waals surface area contributed by atoms with Gasteiger partial charge in [0, 0.05) is 12.1 Å². The number of methoxy groups -OCH3 is 3. The summed E-state index contributed by atoms with van der Waals surface area (Å²) >= 11 is 5.89. The number of ether oxygens (including phenoxy) is 3. The first-order valence-corrected chi connectivity index (χ1v) is 7.40. The van der Waals surface area contributed by atoms with Crippen molar-refractivity contribution in [2.24, 2.45) is 0 Å². The minimum Gasteiger partial charge on any atom is -0.493 e. The highest BCUT2D eigenvalue weighted by Crippen LogP contribution is 2.34. The van der Waals surface area contributed by atoms with Gasteiger partial charge in [0.2, 0.25) is 0 Å². The molecule has 0 fully saturated rings. The first kappa shape index (κ1) is 18.5. The Kier molecular flexibility index (Phi) is 5.82. The molecular formula is C17H15ClFNO5. The van der Waals surface area contributed by atoms with Crippen molar-refractivity contribution in [2.45, 2.75) is 0 Å². The Morgan fingerprint density at radius 1 is 1.08 bits per heavy atom. The lowest BCUT2D eigenvalue weighted by molar-refractivity contribution is 0.0601. The van der Waals surface area contributed by atoms with Gasteiger partial charge >= 0.3 is 5.97 Å². The Balaban J connectivity index is 2.50. The number of halogens is 2. The van der Waals surface area contributed by atoms with Crippen LogP contribution in [0.1, 0.15) is 20.7 Å². The van der Waals surface area contributed by atoms with Crippen LogP contribution in [-0.4, -0.2) is 33.2 Å². The van der Waals surface area contributed by atoms with E-state index in [0.29, 0.717) is 0 Å². The summed E-state index contributed by atoms with van der Waals surface area (Å²) in [5.41, 5.74) is -0.260. The van der Waals surface area contributed by atoms with Gasteiger partial charge in [0.25, 0.3) is 5.91 Å². The fourth-order valence-electron chi connectivity index (χ4n) is 2.16. The molecule has 0 aromatic heterocycles. The van der Waals surface area contributed by atoms with Crippen LogP contribution in [0.25, 0.3) is 0 Å². The molecular weight excluding hydrogens is 353 g/mol. The quantitative estimate of drug-likeness (QED) is 0.818. The number of benzene rings is 2. The number of esters is 1. The molecule has 0 aliphatic carbocycles. The topological polar surface area (TPSA) is 73.9 Å². The minimum atomic E-state index is -0.819. The first-order chi connectivity index (χ1) is 11.9. The summed E-state index contributed by atoms with van der Waals surface area (Å²) in [7, 11) is 3.99. The van der Waals surface area contributed by atoms with Crippen LogP contribution >= 0.6 is 11.6 Å². The molecule has 0 saturated heterocycles. The number of rotatable bonds is 5. The number of nitrogens with one attached hydrogen (secondary N) is 1. The normalized spacial score (nSPS) is 10.1. The molecule has 132 valence electrons. The summed E-state index contributed by atoms with van der Waals surface area (Å²) in [6.45, 7) is 0. The zero-order chi connectivity index (χ0) is 18.6. The van der Waals surface area contributed by atoms with E-state index in [1.54, 1.807) is 0 Å². The molecule has 0 atom stereocenters. The van der Waals surface area contributed by atoms with Crippen LogP contribution in [0.5, 0.6) is 11.5 Å². The Morgan fingerprint density at radius 3 is 2.28 bits per heavy atom. The lowest BCUT2D eigenvalue weighted by atomic mass is 10.1. The molecule has 25 heavy (non-hydrogen) atoms. The van der Waals surface area contributed by atoms with E-state index in [9.17, 15) is 14.0 Å². The van der Waals surface area contributed by atoms with Crippen LogP contribution in [0, 0.1) is 5.82 Å². The van der Waals surface area contributed by atoms with Gasteiger partial charge in [0.15, 0.2) is 11.5 Å². The van der Waals surface area contributed by atoms with Crippen molar-refractivity contribution in [1.29, 1.82) is 0 Å². The summed E-state index contributed by atoms with van der Waals surface area (Å²) in [5.74, 6) is -1.78. The van der Waals surface area contributed by atoms with Gasteiger partial charge < -0.3 is 19.5 Å². The number of hydrogen-bond donors (Lipinski definition) is 1. The fourth-order valence-corrected chi connectivity index (χ4v) is 2.41. The Morgan fingerprint density at radius 2 is 1.72 bits per heavy atom. The molecule has 0 aliphatic heterocycles. The molecule has 2 aromatic carbocycles. The molecule has 0 aliphatic rings. The molecule has 0 unspecified atom stereocenters.